The maximum atomic E-state index is 12.2. The van der Waals surface area contributed by atoms with Gasteiger partial charge in [-0.2, -0.15) is 17.4 Å². The molecule has 2 aromatic carbocycles. The fourth-order valence-corrected chi connectivity index (χ4v) is 3.39. The monoisotopic (exact) mass is 449 g/mol. The average Bonchev–Trinajstić information content (AvgIpc) is 2.72. The minimum atomic E-state index is -3.99. The molecule has 0 radical (unpaired) electrons. The standard InChI is InChI=1S/C19H23N5O6S/c1-12(17(25)26)24(2)31(28,29)22-11-13-3-9-16(10-4-13)30-18(27)14-5-7-15(8-6-14)23-19(20)21/h3-10,12,22H,11H2,1-2H3,(H,25,26)(H4,20,21,23)/t12-/m0/s1. The van der Waals surface area contributed by atoms with Crippen LogP contribution in [-0.4, -0.2) is 48.8 Å². The third-order valence-electron chi connectivity index (χ3n) is 4.27. The van der Waals surface area contributed by atoms with E-state index in [0.29, 0.717) is 16.8 Å². The minimum absolute atomic E-state index is 0.0716. The van der Waals surface area contributed by atoms with Crippen molar-refractivity contribution in [3.63, 3.8) is 0 Å². The third kappa shape index (κ3) is 6.77. The number of carbonyl (C=O) groups is 2. The van der Waals surface area contributed by atoms with E-state index in [1.807, 2.05) is 0 Å². The molecule has 0 spiro atoms. The number of guanidine groups is 1. The highest BCUT2D eigenvalue weighted by Gasteiger charge is 2.27. The van der Waals surface area contributed by atoms with E-state index < -0.39 is 28.2 Å². The molecule has 0 saturated heterocycles. The fourth-order valence-electron chi connectivity index (χ4n) is 2.33. The summed E-state index contributed by atoms with van der Waals surface area (Å²) in [6.45, 7) is 1.19. The number of carboxylic acid groups (broad SMARTS) is 1. The number of anilines is 1. The van der Waals surface area contributed by atoms with E-state index in [0.717, 1.165) is 4.31 Å². The zero-order valence-electron chi connectivity index (χ0n) is 16.8. The number of benzene rings is 2. The Balaban J connectivity index is 1.95. The summed E-state index contributed by atoms with van der Waals surface area (Å²) >= 11 is 0. The Morgan fingerprint density at radius 2 is 1.74 bits per heavy atom. The van der Waals surface area contributed by atoms with Crippen molar-refractivity contribution in [2.45, 2.75) is 19.5 Å². The molecule has 0 unspecified atom stereocenters. The van der Waals surface area contributed by atoms with Crippen LogP contribution in [0.25, 0.3) is 0 Å². The Morgan fingerprint density at radius 3 is 2.26 bits per heavy atom. The average molecular weight is 449 g/mol. The Bertz CT molecular complexity index is 1050. The van der Waals surface area contributed by atoms with E-state index >= 15 is 0 Å². The highest BCUT2D eigenvalue weighted by Crippen LogP contribution is 2.16. The number of hydrogen-bond donors (Lipinski definition) is 5. The second-order valence-corrected chi connectivity index (χ2v) is 8.32. The van der Waals surface area contributed by atoms with Crippen molar-refractivity contribution in [2.24, 2.45) is 5.73 Å². The van der Waals surface area contributed by atoms with Gasteiger partial charge in [-0.25, -0.2) is 4.79 Å². The van der Waals surface area contributed by atoms with Gasteiger partial charge < -0.3 is 20.9 Å². The number of nitrogens with two attached hydrogens (primary N) is 1. The van der Waals surface area contributed by atoms with Gasteiger partial charge >= 0.3 is 11.9 Å². The Morgan fingerprint density at radius 1 is 1.16 bits per heavy atom. The summed E-state index contributed by atoms with van der Waals surface area (Å²) in [7, 11) is -2.82. The number of hydrogen-bond acceptors (Lipinski definition) is 6. The van der Waals surface area contributed by atoms with E-state index in [2.05, 4.69) is 10.0 Å². The van der Waals surface area contributed by atoms with Gasteiger partial charge in [0, 0.05) is 19.3 Å². The summed E-state index contributed by atoms with van der Waals surface area (Å²) in [5.41, 5.74) is 6.67. The first-order chi connectivity index (χ1) is 14.5. The normalized spacial score (nSPS) is 12.2. The molecule has 0 aliphatic rings. The molecule has 12 heteroatoms. The number of carbonyl (C=O) groups excluding carboxylic acids is 1. The van der Waals surface area contributed by atoms with Crippen LogP contribution in [-0.2, 0) is 21.5 Å². The molecule has 166 valence electrons. The highest BCUT2D eigenvalue weighted by molar-refractivity contribution is 7.87. The van der Waals surface area contributed by atoms with Crippen LogP contribution >= 0.6 is 0 Å². The summed E-state index contributed by atoms with van der Waals surface area (Å²) in [5, 5.41) is 18.7. The molecule has 0 aliphatic carbocycles. The first-order valence-electron chi connectivity index (χ1n) is 8.97. The van der Waals surface area contributed by atoms with Crippen LogP contribution in [0.15, 0.2) is 48.5 Å². The van der Waals surface area contributed by atoms with Crippen LogP contribution in [0.5, 0.6) is 5.75 Å². The van der Waals surface area contributed by atoms with Gasteiger partial charge in [-0.1, -0.05) is 12.1 Å². The second-order valence-electron chi connectivity index (χ2n) is 6.51. The molecule has 31 heavy (non-hydrogen) atoms. The van der Waals surface area contributed by atoms with Crippen molar-refractivity contribution in [3.8, 4) is 5.75 Å². The van der Waals surface area contributed by atoms with Crippen molar-refractivity contribution in [1.29, 1.82) is 5.41 Å². The van der Waals surface area contributed by atoms with Gasteiger partial charge in [-0.15, -0.1) is 0 Å². The third-order valence-corrected chi connectivity index (χ3v) is 5.86. The lowest BCUT2D eigenvalue weighted by Crippen LogP contribution is -2.45. The van der Waals surface area contributed by atoms with Gasteiger partial charge in [0.2, 0.25) is 0 Å². The lowest BCUT2D eigenvalue weighted by atomic mass is 10.2. The molecule has 0 bridgehead atoms. The zero-order valence-corrected chi connectivity index (χ0v) is 17.6. The molecule has 0 amide bonds. The Labute approximate surface area is 179 Å². The van der Waals surface area contributed by atoms with Gasteiger partial charge in [0.25, 0.3) is 10.2 Å². The van der Waals surface area contributed by atoms with Crippen molar-refractivity contribution in [3.05, 3.63) is 59.7 Å². The van der Waals surface area contributed by atoms with Crippen molar-refractivity contribution in [2.75, 3.05) is 12.4 Å². The number of nitrogens with zero attached hydrogens (tertiary/aromatic N) is 1. The molecule has 2 rings (SSSR count). The number of likely N-dealkylation sites (N-methyl/N-ethyl adjacent to an activating group) is 1. The molecule has 0 saturated carbocycles. The van der Waals surface area contributed by atoms with Crippen molar-refractivity contribution < 1.29 is 27.9 Å². The molecular weight excluding hydrogens is 426 g/mol. The molecular formula is C19H23N5O6S. The molecule has 0 aliphatic heterocycles. The van der Waals surface area contributed by atoms with Gasteiger partial charge in [0.1, 0.15) is 11.8 Å². The van der Waals surface area contributed by atoms with Crippen LogP contribution < -0.4 is 20.5 Å². The van der Waals surface area contributed by atoms with E-state index in [4.69, 9.17) is 21.0 Å². The number of aliphatic carboxylic acids is 1. The Hall–Kier alpha value is -3.48. The zero-order chi connectivity index (χ0) is 23.2. The fraction of sp³-hybridized carbons (Fsp3) is 0.211. The predicted molar refractivity (Wildman–Crippen MR) is 114 cm³/mol. The summed E-state index contributed by atoms with van der Waals surface area (Å²) in [6, 6.07) is 11.2. The minimum Gasteiger partial charge on any atom is -0.480 e. The van der Waals surface area contributed by atoms with Crippen LogP contribution in [0.1, 0.15) is 22.8 Å². The Kier molecular flexibility index (Phi) is 7.69. The quantitative estimate of drug-likeness (QED) is 0.163. The first kappa shape index (κ1) is 23.8. The number of esters is 1. The molecule has 0 aromatic heterocycles. The summed E-state index contributed by atoms with van der Waals surface area (Å²) in [6.07, 6.45) is 0. The number of nitrogens with one attached hydrogen (secondary N) is 3. The molecule has 11 nitrogen and oxygen atoms in total. The van der Waals surface area contributed by atoms with E-state index in [1.54, 1.807) is 24.3 Å². The lowest BCUT2D eigenvalue weighted by molar-refractivity contribution is -0.140. The SMILES string of the molecule is C[C@@H](C(=O)O)N(C)S(=O)(=O)NCc1ccc(OC(=O)c2ccc(NC(=N)N)cc2)cc1. The van der Waals surface area contributed by atoms with Crippen LogP contribution in [0, 0.1) is 5.41 Å². The molecule has 0 fully saturated rings. The van der Waals surface area contributed by atoms with Gasteiger partial charge in [0.05, 0.1) is 5.56 Å². The maximum Gasteiger partial charge on any atom is 0.343 e. The summed E-state index contributed by atoms with van der Waals surface area (Å²) in [5.74, 6) is -1.81. The van der Waals surface area contributed by atoms with Gasteiger partial charge in [-0.3, -0.25) is 10.2 Å². The van der Waals surface area contributed by atoms with E-state index in [-0.39, 0.29) is 18.3 Å². The predicted octanol–water partition coefficient (Wildman–Crippen LogP) is 0.950. The van der Waals surface area contributed by atoms with Gasteiger partial charge in [-0.05, 0) is 48.9 Å². The van der Waals surface area contributed by atoms with Crippen molar-refractivity contribution in [1.82, 2.24) is 9.03 Å². The molecule has 1 atom stereocenters. The lowest BCUT2D eigenvalue weighted by Gasteiger charge is -2.21. The van der Waals surface area contributed by atoms with Crippen LogP contribution in [0.3, 0.4) is 0 Å². The van der Waals surface area contributed by atoms with Crippen molar-refractivity contribution >= 4 is 33.8 Å². The van der Waals surface area contributed by atoms with E-state index in [9.17, 15) is 18.0 Å². The molecule has 2 aromatic rings. The first-order valence-corrected chi connectivity index (χ1v) is 10.4. The smallest absolute Gasteiger partial charge is 0.343 e. The van der Waals surface area contributed by atoms with E-state index in [1.165, 1.54) is 38.2 Å². The number of rotatable bonds is 9. The highest BCUT2D eigenvalue weighted by atomic mass is 32.2. The van der Waals surface area contributed by atoms with Gasteiger partial charge in [0.15, 0.2) is 5.96 Å². The largest absolute Gasteiger partial charge is 0.480 e. The summed E-state index contributed by atoms with van der Waals surface area (Å²) < 4.78 is 32.6. The van der Waals surface area contributed by atoms with Crippen LogP contribution in [0.2, 0.25) is 0 Å². The molecule has 6 N–H and O–H groups in total. The van der Waals surface area contributed by atoms with Crippen LogP contribution in [0.4, 0.5) is 5.69 Å². The number of carboxylic acids is 1. The number of ether oxygens (including phenoxy) is 1. The maximum absolute atomic E-state index is 12.2. The summed E-state index contributed by atoms with van der Waals surface area (Å²) in [4.78, 5) is 23.2. The topological polar surface area (TPSA) is 175 Å². The second kappa shape index (κ2) is 10.0. The molecule has 0 heterocycles.